The summed E-state index contributed by atoms with van der Waals surface area (Å²) in [7, 11) is 4.20. The van der Waals surface area contributed by atoms with Crippen molar-refractivity contribution < 1.29 is 52.7 Å². The van der Waals surface area contributed by atoms with Gasteiger partial charge in [-0.1, -0.05) is 12.3 Å². The molecule has 17 nitrogen and oxygen atoms in total. The van der Waals surface area contributed by atoms with Crippen LogP contribution in [0.2, 0.25) is 0 Å². The molecule has 2 rings (SSSR count). The lowest BCUT2D eigenvalue weighted by atomic mass is 10.0. The van der Waals surface area contributed by atoms with Crippen molar-refractivity contribution in [2.45, 2.75) is 76.7 Å². The number of nitrogens with zero attached hydrogens (tertiary/aromatic N) is 3. The van der Waals surface area contributed by atoms with Gasteiger partial charge >= 0.3 is 12.1 Å². The molecule has 0 aliphatic carbocycles. The zero-order valence-corrected chi connectivity index (χ0v) is 27.9. The van der Waals surface area contributed by atoms with Crippen molar-refractivity contribution in [1.29, 1.82) is 0 Å². The van der Waals surface area contributed by atoms with Crippen molar-refractivity contribution in [3.05, 3.63) is 27.8 Å². The molecule has 268 valence electrons. The third-order valence-corrected chi connectivity index (χ3v) is 7.44. The summed E-state index contributed by atoms with van der Waals surface area (Å²) in [6.07, 6.45) is 5.65. The van der Waals surface area contributed by atoms with Gasteiger partial charge < -0.3 is 34.6 Å². The summed E-state index contributed by atoms with van der Waals surface area (Å²) in [4.78, 5) is 90.0. The molecule has 0 aromatic heterocycles. The van der Waals surface area contributed by atoms with Gasteiger partial charge in [-0.3, -0.25) is 29.3 Å². The number of terminal acetylenes is 1. The summed E-state index contributed by atoms with van der Waals surface area (Å²) in [5.74, 6) is 0.213. The van der Waals surface area contributed by atoms with Crippen LogP contribution in [-0.2, 0) is 33.5 Å². The molecule has 49 heavy (non-hydrogen) atoms. The van der Waals surface area contributed by atoms with Crippen LogP contribution in [0, 0.1) is 22.5 Å². The summed E-state index contributed by atoms with van der Waals surface area (Å²) >= 11 is 0. The molecule has 1 fully saturated rings. The number of methoxy groups -OCH3 is 2. The van der Waals surface area contributed by atoms with Gasteiger partial charge in [-0.15, -0.1) is 11.5 Å². The average molecular weight is 690 g/mol. The number of ether oxygens (including phenoxy) is 3. The average Bonchev–Trinajstić information content (AvgIpc) is 3.39. The summed E-state index contributed by atoms with van der Waals surface area (Å²) in [5.41, 5.74) is -0.345. The van der Waals surface area contributed by atoms with E-state index in [0.29, 0.717) is 37.2 Å². The van der Waals surface area contributed by atoms with Gasteiger partial charge in [0.05, 0.1) is 37.3 Å². The Balaban J connectivity index is 1.98. The molecule has 1 aliphatic heterocycles. The maximum Gasteiger partial charge on any atom is 0.407 e. The fourth-order valence-corrected chi connectivity index (χ4v) is 4.74. The second-order valence-corrected chi connectivity index (χ2v) is 11.0. The molecule has 1 atom stereocenters. The van der Waals surface area contributed by atoms with Crippen molar-refractivity contribution in [2.75, 3.05) is 40.9 Å². The van der Waals surface area contributed by atoms with Crippen molar-refractivity contribution in [3.63, 3.8) is 0 Å². The number of carbonyl (C=O) groups is 6. The number of amides is 5. The predicted octanol–water partition coefficient (Wildman–Crippen LogP) is 2.71. The molecule has 1 heterocycles. The van der Waals surface area contributed by atoms with E-state index in [9.17, 15) is 38.9 Å². The molecule has 0 bridgehead atoms. The second kappa shape index (κ2) is 20.8. The minimum atomic E-state index is -1.17. The summed E-state index contributed by atoms with van der Waals surface area (Å²) in [6, 6.07) is 2.52. The Morgan fingerprint density at radius 3 is 2.24 bits per heavy atom. The lowest BCUT2D eigenvalue weighted by Gasteiger charge is -2.23. The van der Waals surface area contributed by atoms with Crippen molar-refractivity contribution in [3.8, 4) is 23.8 Å². The lowest BCUT2D eigenvalue weighted by Crippen LogP contribution is -2.32. The van der Waals surface area contributed by atoms with Crippen molar-refractivity contribution in [1.82, 2.24) is 20.6 Å². The molecular formula is C32H43N5O12. The number of alkyl carbamates (subject to hydrolysis) is 1. The first-order chi connectivity index (χ1) is 23.4. The molecule has 2 N–H and O–H groups in total. The second-order valence-electron chi connectivity index (χ2n) is 11.0. The number of unbranched alkanes of at least 4 members (excludes halogenated alkanes) is 3. The van der Waals surface area contributed by atoms with Crippen LogP contribution in [0.25, 0.3) is 0 Å². The maximum absolute atomic E-state index is 12.8. The Morgan fingerprint density at radius 2 is 1.61 bits per heavy atom. The van der Waals surface area contributed by atoms with Gasteiger partial charge in [-0.05, 0) is 31.7 Å². The fourth-order valence-electron chi connectivity index (χ4n) is 4.74. The number of benzene rings is 1. The van der Waals surface area contributed by atoms with Gasteiger partial charge in [0.15, 0.2) is 11.5 Å². The number of imide groups is 1. The van der Waals surface area contributed by atoms with Gasteiger partial charge in [-0.25, -0.2) is 9.59 Å². The van der Waals surface area contributed by atoms with Gasteiger partial charge in [-0.2, -0.15) is 0 Å². The normalized spacial score (nSPS) is 12.8. The highest BCUT2D eigenvalue weighted by atomic mass is 16.7. The van der Waals surface area contributed by atoms with Gasteiger partial charge in [0, 0.05) is 58.7 Å². The Morgan fingerprint density at radius 1 is 0.980 bits per heavy atom. The molecular weight excluding hydrogens is 646 g/mol. The Hall–Kier alpha value is -5.40. The number of nitro benzene ring substituents is 1. The highest BCUT2D eigenvalue weighted by Crippen LogP contribution is 2.39. The van der Waals surface area contributed by atoms with E-state index >= 15 is 0 Å². The van der Waals surface area contributed by atoms with Gasteiger partial charge in [0.25, 0.3) is 17.5 Å². The summed E-state index contributed by atoms with van der Waals surface area (Å²) in [5, 5.41) is 17.7. The topological polar surface area (TPSA) is 213 Å². The number of hydrogen-bond donors (Lipinski definition) is 2. The third-order valence-electron chi connectivity index (χ3n) is 7.44. The van der Waals surface area contributed by atoms with Crippen LogP contribution in [0.1, 0.15) is 82.3 Å². The van der Waals surface area contributed by atoms with E-state index < -0.39 is 34.9 Å². The minimum absolute atomic E-state index is 0.0109. The Labute approximate surface area is 284 Å². The monoisotopic (exact) mass is 689 g/mol. The van der Waals surface area contributed by atoms with Crippen molar-refractivity contribution in [2.24, 2.45) is 0 Å². The number of hydroxylamine groups is 2. The van der Waals surface area contributed by atoms with E-state index in [1.165, 1.54) is 32.2 Å². The Kier molecular flexibility index (Phi) is 16.8. The number of rotatable bonds is 21. The first-order valence-electron chi connectivity index (χ1n) is 15.8. The van der Waals surface area contributed by atoms with E-state index in [0.717, 1.165) is 6.07 Å². The molecule has 1 saturated heterocycles. The van der Waals surface area contributed by atoms with E-state index in [4.69, 9.17) is 25.5 Å². The SMILES string of the molecule is C#CCNC(=O)CCCCCNC(=O)OC(CCN(C)C(=O)CCCCC(=O)ON1C(=O)CCC1=O)c1cc(OC)c(OC)cc1[N+](=O)[O-]. The van der Waals surface area contributed by atoms with Crippen LogP contribution in [0.4, 0.5) is 10.5 Å². The third kappa shape index (κ3) is 13.3. The minimum Gasteiger partial charge on any atom is -0.493 e. The van der Waals surface area contributed by atoms with E-state index in [2.05, 4.69) is 16.6 Å². The number of nitrogens with one attached hydrogen (secondary N) is 2. The molecule has 0 radical (unpaired) electrons. The van der Waals surface area contributed by atoms with Gasteiger partial charge in [0.2, 0.25) is 11.8 Å². The zero-order valence-electron chi connectivity index (χ0n) is 27.9. The number of carbonyl (C=O) groups excluding carboxylic acids is 6. The fraction of sp³-hybridized carbons (Fsp3) is 0.562. The van der Waals surface area contributed by atoms with E-state index in [1.54, 1.807) is 0 Å². The van der Waals surface area contributed by atoms with Crippen molar-refractivity contribution >= 4 is 41.4 Å². The molecule has 17 heteroatoms. The van der Waals surface area contributed by atoms with Crippen LogP contribution in [0.15, 0.2) is 12.1 Å². The van der Waals surface area contributed by atoms with Crippen LogP contribution in [0.3, 0.4) is 0 Å². The molecule has 0 saturated carbocycles. The first-order valence-corrected chi connectivity index (χ1v) is 15.8. The van der Waals surface area contributed by atoms with E-state index in [-0.39, 0.29) is 92.7 Å². The number of hydrogen-bond acceptors (Lipinski definition) is 12. The Bertz CT molecular complexity index is 1390. The van der Waals surface area contributed by atoms with E-state index in [1.807, 2.05) is 0 Å². The standard InChI is InChI=1S/C32H43N5O12/c1-5-17-33-27(38)11-7-6-10-18-34-32(43)48-24(22-20-25(46-3)26(47-4)21-23(22)37(44)45)16-19-35(2)28(39)12-8-9-13-31(42)49-36-29(40)14-15-30(36)41/h1,20-21,24H,6-19H2,2-4H3,(H,33,38)(H,34,43). The molecule has 1 unspecified atom stereocenters. The molecule has 1 aromatic carbocycles. The van der Waals surface area contributed by atoms with Gasteiger partial charge in [0.1, 0.15) is 6.10 Å². The first kappa shape index (κ1) is 39.8. The lowest BCUT2D eigenvalue weighted by molar-refractivity contribution is -0.386. The molecule has 5 amide bonds. The zero-order chi connectivity index (χ0) is 36.3. The van der Waals surface area contributed by atoms with Crippen LogP contribution in [0.5, 0.6) is 11.5 Å². The quantitative estimate of drug-likeness (QED) is 0.0627. The largest absolute Gasteiger partial charge is 0.493 e. The van der Waals surface area contributed by atoms with Crippen LogP contribution >= 0.6 is 0 Å². The summed E-state index contributed by atoms with van der Waals surface area (Å²) in [6.45, 7) is 0.426. The number of nitro groups is 1. The molecule has 1 aliphatic rings. The van der Waals surface area contributed by atoms with Crippen LogP contribution in [-0.4, -0.2) is 91.5 Å². The highest BCUT2D eigenvalue weighted by molar-refractivity contribution is 6.01. The smallest absolute Gasteiger partial charge is 0.407 e. The predicted molar refractivity (Wildman–Crippen MR) is 172 cm³/mol. The molecule has 0 spiro atoms. The highest BCUT2D eigenvalue weighted by Gasteiger charge is 2.33. The van der Waals surface area contributed by atoms with Crippen LogP contribution < -0.4 is 20.1 Å². The molecule has 1 aromatic rings. The summed E-state index contributed by atoms with van der Waals surface area (Å²) < 4.78 is 16.2. The maximum atomic E-state index is 12.8.